The predicted molar refractivity (Wildman–Crippen MR) is 83.4 cm³/mol. The molecule has 0 radical (unpaired) electrons. The van der Waals surface area contributed by atoms with Crippen LogP contribution in [0.5, 0.6) is 0 Å². The highest BCUT2D eigenvalue weighted by Crippen LogP contribution is 2.12. The summed E-state index contributed by atoms with van der Waals surface area (Å²) in [5.41, 5.74) is 1.36. The minimum atomic E-state index is -0.131. The van der Waals surface area contributed by atoms with Gasteiger partial charge in [0.15, 0.2) is 0 Å². The zero-order chi connectivity index (χ0) is 14.4. The molecule has 1 amide bonds. The summed E-state index contributed by atoms with van der Waals surface area (Å²) >= 11 is 1.71. The predicted octanol–water partition coefficient (Wildman–Crippen LogP) is 2.94. The molecule has 0 aliphatic rings. The van der Waals surface area contributed by atoms with E-state index in [1.165, 1.54) is 4.88 Å². The molecule has 0 aliphatic carbocycles. The Morgan fingerprint density at radius 1 is 1.45 bits per heavy atom. The van der Waals surface area contributed by atoms with Crippen molar-refractivity contribution in [3.05, 3.63) is 46.4 Å². The third kappa shape index (κ3) is 4.06. The Morgan fingerprint density at radius 3 is 3.00 bits per heavy atom. The van der Waals surface area contributed by atoms with E-state index in [1.54, 1.807) is 23.6 Å². The lowest BCUT2D eigenvalue weighted by Crippen LogP contribution is -2.34. The largest absolute Gasteiger partial charge is 0.385 e. The summed E-state index contributed by atoms with van der Waals surface area (Å²) in [6, 6.07) is 7.82. The van der Waals surface area contributed by atoms with Gasteiger partial charge in [0.25, 0.3) is 5.91 Å². The number of amides is 1. The molecular weight excluding hydrogens is 270 g/mol. The van der Waals surface area contributed by atoms with Gasteiger partial charge < -0.3 is 10.6 Å². The Kier molecular flexibility index (Phi) is 5.12. The number of carbonyl (C=O) groups is 1. The van der Waals surface area contributed by atoms with Crippen molar-refractivity contribution >= 4 is 22.9 Å². The van der Waals surface area contributed by atoms with Crippen molar-refractivity contribution in [2.75, 3.05) is 11.9 Å². The number of thiophene rings is 1. The fraction of sp³-hybridized carbons (Fsp3) is 0.333. The Hall–Kier alpha value is -1.88. The highest BCUT2D eigenvalue weighted by molar-refractivity contribution is 7.09. The van der Waals surface area contributed by atoms with Gasteiger partial charge in [-0.25, -0.2) is 0 Å². The van der Waals surface area contributed by atoms with Crippen molar-refractivity contribution in [3.8, 4) is 0 Å². The lowest BCUT2D eigenvalue weighted by Gasteiger charge is -2.13. The third-order valence-electron chi connectivity index (χ3n) is 2.84. The molecule has 0 saturated heterocycles. The third-order valence-corrected chi connectivity index (χ3v) is 3.74. The Bertz CT molecular complexity index is 554. The van der Waals surface area contributed by atoms with Crippen LogP contribution in [0.25, 0.3) is 0 Å². The maximum Gasteiger partial charge on any atom is 0.270 e. The van der Waals surface area contributed by atoms with Gasteiger partial charge in [-0.15, -0.1) is 11.3 Å². The molecule has 0 aromatic carbocycles. The second-order valence-corrected chi connectivity index (χ2v) is 5.65. The van der Waals surface area contributed by atoms with E-state index in [9.17, 15) is 4.79 Å². The zero-order valence-electron chi connectivity index (χ0n) is 11.7. The highest BCUT2D eigenvalue weighted by atomic mass is 32.1. The average Bonchev–Trinajstić information content (AvgIpc) is 2.92. The van der Waals surface area contributed by atoms with Crippen LogP contribution in [0.15, 0.2) is 35.8 Å². The average molecular weight is 289 g/mol. The lowest BCUT2D eigenvalue weighted by molar-refractivity contribution is 0.0935. The van der Waals surface area contributed by atoms with Crippen LogP contribution in [0, 0.1) is 0 Å². The quantitative estimate of drug-likeness (QED) is 0.859. The lowest BCUT2D eigenvalue weighted by atomic mass is 10.2. The summed E-state index contributed by atoms with van der Waals surface area (Å²) < 4.78 is 0. The number of pyridine rings is 1. The van der Waals surface area contributed by atoms with Crippen molar-refractivity contribution in [3.63, 3.8) is 0 Å². The maximum absolute atomic E-state index is 12.1. The number of nitrogens with zero attached hydrogens (tertiary/aromatic N) is 1. The minimum absolute atomic E-state index is 0.0886. The molecule has 0 aliphatic heterocycles. The Labute approximate surface area is 123 Å². The Morgan fingerprint density at radius 2 is 2.30 bits per heavy atom. The normalized spacial score (nSPS) is 11.9. The van der Waals surface area contributed by atoms with E-state index >= 15 is 0 Å². The molecule has 0 saturated carbocycles. The molecule has 2 aromatic rings. The van der Waals surface area contributed by atoms with E-state index < -0.39 is 0 Å². The smallest absolute Gasteiger partial charge is 0.270 e. The molecule has 1 unspecified atom stereocenters. The van der Waals surface area contributed by atoms with Gasteiger partial charge in [0.2, 0.25) is 0 Å². The van der Waals surface area contributed by atoms with E-state index in [0.717, 1.165) is 18.7 Å². The maximum atomic E-state index is 12.1. The number of rotatable bonds is 6. The van der Waals surface area contributed by atoms with E-state index in [-0.39, 0.29) is 11.9 Å². The molecule has 0 spiro atoms. The second-order valence-electron chi connectivity index (χ2n) is 4.62. The molecule has 106 valence electrons. The standard InChI is InChI=1S/C15H19N3OS/c1-3-16-12-6-7-17-14(10-12)15(19)18-11(2)9-13-5-4-8-20-13/h4-8,10-11H,3,9H2,1-2H3,(H,16,17)(H,18,19). The van der Waals surface area contributed by atoms with Crippen molar-refractivity contribution in [1.82, 2.24) is 10.3 Å². The van der Waals surface area contributed by atoms with Crippen molar-refractivity contribution in [2.45, 2.75) is 26.3 Å². The number of hydrogen-bond acceptors (Lipinski definition) is 4. The summed E-state index contributed by atoms with van der Waals surface area (Å²) in [4.78, 5) is 17.5. The van der Waals surface area contributed by atoms with E-state index in [1.807, 2.05) is 31.4 Å². The minimum Gasteiger partial charge on any atom is -0.385 e. The molecule has 2 heterocycles. The van der Waals surface area contributed by atoms with Gasteiger partial charge in [0.1, 0.15) is 5.69 Å². The summed E-state index contributed by atoms with van der Waals surface area (Å²) in [5.74, 6) is -0.131. The highest BCUT2D eigenvalue weighted by Gasteiger charge is 2.12. The fourth-order valence-electron chi connectivity index (χ4n) is 1.95. The molecule has 20 heavy (non-hydrogen) atoms. The van der Waals surface area contributed by atoms with Crippen LogP contribution >= 0.6 is 11.3 Å². The topological polar surface area (TPSA) is 54.0 Å². The molecular formula is C15H19N3OS. The van der Waals surface area contributed by atoms with Gasteiger partial charge in [-0.1, -0.05) is 6.07 Å². The van der Waals surface area contributed by atoms with E-state index in [4.69, 9.17) is 0 Å². The summed E-state index contributed by atoms with van der Waals surface area (Å²) in [6.07, 6.45) is 2.49. The van der Waals surface area contributed by atoms with Crippen LogP contribution in [-0.2, 0) is 6.42 Å². The molecule has 1 atom stereocenters. The first-order chi connectivity index (χ1) is 9.69. The van der Waals surface area contributed by atoms with Crippen LogP contribution in [-0.4, -0.2) is 23.5 Å². The second kappa shape index (κ2) is 7.05. The fourth-order valence-corrected chi connectivity index (χ4v) is 2.78. The molecule has 4 nitrogen and oxygen atoms in total. The number of anilines is 1. The monoisotopic (exact) mass is 289 g/mol. The first-order valence-corrected chi connectivity index (χ1v) is 7.60. The summed E-state index contributed by atoms with van der Waals surface area (Å²) in [6.45, 7) is 4.84. The van der Waals surface area contributed by atoms with Gasteiger partial charge in [0.05, 0.1) is 0 Å². The number of carbonyl (C=O) groups excluding carboxylic acids is 1. The van der Waals surface area contributed by atoms with Gasteiger partial charge in [-0.3, -0.25) is 9.78 Å². The molecule has 2 rings (SSSR count). The van der Waals surface area contributed by atoms with Crippen LogP contribution < -0.4 is 10.6 Å². The Balaban J connectivity index is 1.95. The molecule has 0 bridgehead atoms. The summed E-state index contributed by atoms with van der Waals surface area (Å²) in [5, 5.41) is 8.20. The van der Waals surface area contributed by atoms with Gasteiger partial charge >= 0.3 is 0 Å². The van der Waals surface area contributed by atoms with Crippen LogP contribution in [0.4, 0.5) is 5.69 Å². The van der Waals surface area contributed by atoms with Gasteiger partial charge in [-0.2, -0.15) is 0 Å². The van der Waals surface area contributed by atoms with Crippen LogP contribution in [0.2, 0.25) is 0 Å². The van der Waals surface area contributed by atoms with Gasteiger partial charge in [0, 0.05) is 35.8 Å². The molecule has 5 heteroatoms. The molecule has 2 N–H and O–H groups in total. The first kappa shape index (κ1) is 14.5. The van der Waals surface area contributed by atoms with Crippen LogP contribution in [0.1, 0.15) is 29.2 Å². The summed E-state index contributed by atoms with van der Waals surface area (Å²) in [7, 11) is 0. The van der Waals surface area contributed by atoms with Crippen molar-refractivity contribution in [1.29, 1.82) is 0 Å². The van der Waals surface area contributed by atoms with Crippen molar-refractivity contribution in [2.24, 2.45) is 0 Å². The SMILES string of the molecule is CCNc1ccnc(C(=O)NC(C)Cc2cccs2)c1. The first-order valence-electron chi connectivity index (χ1n) is 6.72. The zero-order valence-corrected chi connectivity index (χ0v) is 12.5. The van der Waals surface area contributed by atoms with E-state index in [0.29, 0.717) is 5.69 Å². The molecule has 2 aromatic heterocycles. The molecule has 0 fully saturated rings. The number of nitrogens with one attached hydrogen (secondary N) is 2. The van der Waals surface area contributed by atoms with Gasteiger partial charge in [-0.05, 0) is 37.4 Å². The van der Waals surface area contributed by atoms with Crippen molar-refractivity contribution < 1.29 is 4.79 Å². The number of aromatic nitrogens is 1. The van der Waals surface area contributed by atoms with E-state index in [2.05, 4.69) is 21.7 Å². The van der Waals surface area contributed by atoms with Crippen LogP contribution in [0.3, 0.4) is 0 Å². The number of hydrogen-bond donors (Lipinski definition) is 2.